The summed E-state index contributed by atoms with van der Waals surface area (Å²) in [7, 11) is 3.26. The number of para-hydroxylation sites is 2. The van der Waals surface area contributed by atoms with Crippen LogP contribution in [0.4, 0.5) is 0 Å². The molecular weight excluding hydrogens is 380 g/mol. The minimum atomic E-state index is -0.514. The minimum absolute atomic E-state index is 0.291. The smallest absolute Gasteiger partial charge is 0.339 e. The number of aryl methyl sites for hydroxylation is 1. The van der Waals surface area contributed by atoms with Gasteiger partial charge in [-0.1, -0.05) is 43.3 Å². The van der Waals surface area contributed by atoms with Crippen molar-refractivity contribution in [1.82, 2.24) is 9.88 Å². The van der Waals surface area contributed by atoms with Crippen molar-refractivity contribution < 1.29 is 19.1 Å². The average Bonchev–Trinajstić information content (AvgIpc) is 2.77. The summed E-state index contributed by atoms with van der Waals surface area (Å²) in [6.07, 6.45) is 0.706. The number of methoxy groups -OCH3 is 1. The lowest BCUT2D eigenvalue weighted by molar-refractivity contribution is -0.133. The minimum Gasteiger partial charge on any atom is -0.496 e. The maximum Gasteiger partial charge on any atom is 0.339 e. The van der Waals surface area contributed by atoms with Gasteiger partial charge in [-0.15, -0.1) is 0 Å². The van der Waals surface area contributed by atoms with Crippen molar-refractivity contribution in [2.45, 2.75) is 26.8 Å². The highest BCUT2D eigenvalue weighted by atomic mass is 16.5. The Morgan fingerprint density at radius 2 is 1.77 bits per heavy atom. The van der Waals surface area contributed by atoms with Crippen LogP contribution >= 0.6 is 0 Å². The van der Waals surface area contributed by atoms with Crippen LogP contribution in [-0.4, -0.2) is 42.5 Å². The monoisotopic (exact) mass is 406 g/mol. The third-order valence-electron chi connectivity index (χ3n) is 5.13. The number of nitrogens with zero attached hydrogens (tertiary/aromatic N) is 2. The summed E-state index contributed by atoms with van der Waals surface area (Å²) in [5, 5.41) is 0.729. The van der Waals surface area contributed by atoms with E-state index >= 15 is 0 Å². The van der Waals surface area contributed by atoms with Gasteiger partial charge in [0.2, 0.25) is 0 Å². The lowest BCUT2D eigenvalue weighted by Gasteiger charge is -2.19. The Morgan fingerprint density at radius 3 is 2.50 bits per heavy atom. The van der Waals surface area contributed by atoms with Crippen molar-refractivity contribution in [3.8, 4) is 5.75 Å². The second kappa shape index (κ2) is 9.39. The average molecular weight is 406 g/mol. The predicted molar refractivity (Wildman–Crippen MR) is 116 cm³/mol. The van der Waals surface area contributed by atoms with Gasteiger partial charge in [0, 0.05) is 30.2 Å². The fourth-order valence-corrected chi connectivity index (χ4v) is 3.45. The van der Waals surface area contributed by atoms with Crippen LogP contribution in [0.2, 0.25) is 0 Å². The molecular formula is C24H26N2O4. The van der Waals surface area contributed by atoms with E-state index in [-0.39, 0.29) is 12.5 Å². The molecule has 1 heterocycles. The quantitative estimate of drug-likeness (QED) is 0.556. The molecule has 6 heteroatoms. The highest BCUT2D eigenvalue weighted by Crippen LogP contribution is 2.24. The van der Waals surface area contributed by atoms with Gasteiger partial charge in [0.15, 0.2) is 6.61 Å². The molecule has 0 atom stereocenters. The van der Waals surface area contributed by atoms with Crippen LogP contribution in [0.25, 0.3) is 10.9 Å². The van der Waals surface area contributed by atoms with Crippen LogP contribution in [0.5, 0.6) is 5.75 Å². The van der Waals surface area contributed by atoms with Gasteiger partial charge in [0.05, 0.1) is 18.2 Å². The lowest BCUT2D eigenvalue weighted by Crippen LogP contribution is -2.31. The molecule has 30 heavy (non-hydrogen) atoms. The number of carbonyl (C=O) groups is 2. The second-order valence-corrected chi connectivity index (χ2v) is 7.07. The van der Waals surface area contributed by atoms with Crippen molar-refractivity contribution in [3.63, 3.8) is 0 Å². The van der Waals surface area contributed by atoms with Gasteiger partial charge in [-0.05, 0) is 31.0 Å². The number of rotatable bonds is 7. The second-order valence-electron chi connectivity index (χ2n) is 7.07. The molecule has 0 radical (unpaired) electrons. The van der Waals surface area contributed by atoms with Gasteiger partial charge < -0.3 is 14.4 Å². The molecule has 3 rings (SSSR count). The molecule has 3 aromatic rings. The summed E-state index contributed by atoms with van der Waals surface area (Å²) in [5.74, 6) is -0.0963. The number of aromatic nitrogens is 1. The number of esters is 1. The Labute approximate surface area is 176 Å². The van der Waals surface area contributed by atoms with E-state index in [0.29, 0.717) is 24.3 Å². The molecule has 2 aromatic carbocycles. The third kappa shape index (κ3) is 4.43. The topological polar surface area (TPSA) is 68.7 Å². The molecule has 1 amide bonds. The number of pyridine rings is 1. The van der Waals surface area contributed by atoms with Gasteiger partial charge in [-0.3, -0.25) is 9.78 Å². The van der Waals surface area contributed by atoms with Crippen LogP contribution in [0.1, 0.15) is 34.1 Å². The molecule has 6 nitrogen and oxygen atoms in total. The van der Waals surface area contributed by atoms with E-state index < -0.39 is 5.97 Å². The number of benzene rings is 2. The highest BCUT2D eigenvalue weighted by molar-refractivity contribution is 6.05. The molecule has 0 bridgehead atoms. The largest absolute Gasteiger partial charge is 0.496 e. The molecule has 0 saturated heterocycles. The first-order chi connectivity index (χ1) is 14.5. The van der Waals surface area contributed by atoms with Crippen LogP contribution in [0, 0.1) is 6.92 Å². The first-order valence-electron chi connectivity index (χ1n) is 9.87. The maximum atomic E-state index is 12.9. The standard InChI is InChI=1S/C24H26N2O4/c1-5-19-16(2)23(18-11-7-8-12-20(18)25-19)24(28)30-15-22(27)26(3)14-17-10-6-9-13-21(17)29-4/h6-13H,5,14-15H2,1-4H3. The lowest BCUT2D eigenvalue weighted by atomic mass is 10.0. The van der Waals surface area contributed by atoms with E-state index in [9.17, 15) is 9.59 Å². The van der Waals surface area contributed by atoms with Gasteiger partial charge in [0.1, 0.15) is 5.75 Å². The van der Waals surface area contributed by atoms with Crippen LogP contribution in [0.3, 0.4) is 0 Å². The highest BCUT2D eigenvalue weighted by Gasteiger charge is 2.20. The summed E-state index contributed by atoms with van der Waals surface area (Å²) in [5.41, 5.74) is 3.73. The predicted octanol–water partition coefficient (Wildman–Crippen LogP) is 3.93. The Balaban J connectivity index is 1.74. The van der Waals surface area contributed by atoms with Crippen molar-refractivity contribution >= 4 is 22.8 Å². The van der Waals surface area contributed by atoms with Crippen LogP contribution in [0.15, 0.2) is 48.5 Å². The zero-order valence-electron chi connectivity index (χ0n) is 17.8. The molecule has 0 aliphatic heterocycles. The Morgan fingerprint density at radius 1 is 1.07 bits per heavy atom. The van der Waals surface area contributed by atoms with Gasteiger partial charge in [0.25, 0.3) is 5.91 Å². The zero-order chi connectivity index (χ0) is 21.7. The number of fused-ring (bicyclic) bond motifs is 1. The third-order valence-corrected chi connectivity index (χ3v) is 5.13. The van der Waals surface area contributed by atoms with E-state index in [1.165, 1.54) is 4.90 Å². The van der Waals surface area contributed by atoms with E-state index in [2.05, 4.69) is 4.98 Å². The molecule has 0 aliphatic carbocycles. The summed E-state index contributed by atoms with van der Waals surface area (Å²) in [6.45, 7) is 3.89. The van der Waals surface area contributed by atoms with Gasteiger partial charge >= 0.3 is 5.97 Å². The Kier molecular flexibility index (Phi) is 6.67. The summed E-state index contributed by atoms with van der Waals surface area (Å²) >= 11 is 0. The van der Waals surface area contributed by atoms with Gasteiger partial charge in [-0.25, -0.2) is 4.79 Å². The number of hydrogen-bond acceptors (Lipinski definition) is 5. The van der Waals surface area contributed by atoms with Crippen molar-refractivity contribution in [2.24, 2.45) is 0 Å². The van der Waals surface area contributed by atoms with E-state index in [0.717, 1.165) is 27.7 Å². The van der Waals surface area contributed by atoms with Gasteiger partial charge in [-0.2, -0.15) is 0 Å². The normalized spacial score (nSPS) is 10.7. The molecule has 0 unspecified atom stereocenters. The molecule has 0 spiro atoms. The molecule has 0 saturated carbocycles. The molecule has 0 N–H and O–H groups in total. The Hall–Kier alpha value is -3.41. The summed E-state index contributed by atoms with van der Waals surface area (Å²) < 4.78 is 10.7. The Bertz CT molecular complexity index is 1080. The number of hydrogen-bond donors (Lipinski definition) is 0. The molecule has 0 fully saturated rings. The SMILES string of the molecule is CCc1nc2ccccc2c(C(=O)OCC(=O)N(C)Cc2ccccc2OC)c1C. The fraction of sp³-hybridized carbons (Fsp3) is 0.292. The first-order valence-corrected chi connectivity index (χ1v) is 9.87. The number of ether oxygens (including phenoxy) is 2. The van der Waals surface area contributed by atoms with E-state index in [4.69, 9.17) is 9.47 Å². The molecule has 156 valence electrons. The van der Waals surface area contributed by atoms with Crippen molar-refractivity contribution in [3.05, 3.63) is 70.9 Å². The fourth-order valence-electron chi connectivity index (χ4n) is 3.45. The molecule has 1 aromatic heterocycles. The van der Waals surface area contributed by atoms with Crippen LogP contribution < -0.4 is 4.74 Å². The van der Waals surface area contributed by atoms with Crippen molar-refractivity contribution in [1.29, 1.82) is 0 Å². The first kappa shape index (κ1) is 21.3. The zero-order valence-corrected chi connectivity index (χ0v) is 17.8. The summed E-state index contributed by atoms with van der Waals surface area (Å²) in [4.78, 5) is 31.6. The maximum absolute atomic E-state index is 12.9. The number of carbonyl (C=O) groups excluding carboxylic acids is 2. The van der Waals surface area contributed by atoms with E-state index in [1.807, 2.05) is 62.4 Å². The summed E-state index contributed by atoms with van der Waals surface area (Å²) in [6, 6.07) is 15.0. The number of likely N-dealkylation sites (N-methyl/N-ethyl adjacent to an activating group) is 1. The van der Waals surface area contributed by atoms with Crippen molar-refractivity contribution in [2.75, 3.05) is 20.8 Å². The molecule has 0 aliphatic rings. The van der Waals surface area contributed by atoms with Crippen LogP contribution in [-0.2, 0) is 22.5 Å². The van der Waals surface area contributed by atoms with E-state index in [1.54, 1.807) is 14.2 Å². The number of amides is 1.